The van der Waals surface area contributed by atoms with Gasteiger partial charge in [0.2, 0.25) is 5.91 Å². The summed E-state index contributed by atoms with van der Waals surface area (Å²) < 4.78 is 11.1. The van der Waals surface area contributed by atoms with Crippen molar-refractivity contribution in [1.29, 1.82) is 0 Å². The van der Waals surface area contributed by atoms with Crippen molar-refractivity contribution in [3.05, 3.63) is 58.7 Å². The number of nitrogens with zero attached hydrogens (tertiary/aromatic N) is 1. The number of methoxy groups -OCH3 is 2. The Kier molecular flexibility index (Phi) is 6.51. The summed E-state index contributed by atoms with van der Waals surface area (Å²) >= 11 is 0. The molecule has 1 aliphatic heterocycles. The molecule has 2 aromatic carbocycles. The fourth-order valence-corrected chi connectivity index (χ4v) is 4.48. The lowest BCUT2D eigenvalue weighted by molar-refractivity contribution is -0.132. The first-order valence-corrected chi connectivity index (χ1v) is 10.5. The molecule has 4 nitrogen and oxygen atoms in total. The molecule has 0 saturated heterocycles. The molecule has 2 unspecified atom stereocenters. The Morgan fingerprint density at radius 2 is 1.69 bits per heavy atom. The summed E-state index contributed by atoms with van der Waals surface area (Å²) in [6, 6.07) is 13.0. The summed E-state index contributed by atoms with van der Waals surface area (Å²) in [4.78, 5) is 14.5. The van der Waals surface area contributed by atoms with Gasteiger partial charge in [0.1, 0.15) is 0 Å². The highest BCUT2D eigenvalue weighted by molar-refractivity contribution is 5.74. The van der Waals surface area contributed by atoms with E-state index in [-0.39, 0.29) is 17.9 Å². The molecule has 2 atom stereocenters. The third kappa shape index (κ3) is 4.42. The molecule has 0 spiro atoms. The minimum Gasteiger partial charge on any atom is -0.493 e. The lowest BCUT2D eigenvalue weighted by Crippen LogP contribution is -2.41. The van der Waals surface area contributed by atoms with Gasteiger partial charge in [0, 0.05) is 19.4 Å². The summed E-state index contributed by atoms with van der Waals surface area (Å²) in [5, 5.41) is 0. The first-order valence-electron chi connectivity index (χ1n) is 10.5. The Morgan fingerprint density at radius 3 is 2.24 bits per heavy atom. The van der Waals surface area contributed by atoms with E-state index in [0.29, 0.717) is 11.7 Å². The van der Waals surface area contributed by atoms with E-state index in [0.717, 1.165) is 30.7 Å². The van der Waals surface area contributed by atoms with Gasteiger partial charge in [0.05, 0.1) is 20.3 Å². The minimum absolute atomic E-state index is 0.0213. The summed E-state index contributed by atoms with van der Waals surface area (Å²) in [5.41, 5.74) is 4.99. The van der Waals surface area contributed by atoms with Crippen molar-refractivity contribution in [2.24, 2.45) is 5.92 Å². The Labute approximate surface area is 174 Å². The fourth-order valence-electron chi connectivity index (χ4n) is 4.48. The number of benzene rings is 2. The molecule has 4 heteroatoms. The zero-order valence-electron chi connectivity index (χ0n) is 18.5. The number of hydrogen-bond acceptors (Lipinski definition) is 3. The van der Waals surface area contributed by atoms with Gasteiger partial charge in [-0.25, -0.2) is 0 Å². The van der Waals surface area contributed by atoms with Gasteiger partial charge < -0.3 is 14.4 Å². The fraction of sp³-hybridized carbons (Fsp3) is 0.480. The number of rotatable bonds is 6. The molecule has 0 aromatic heterocycles. The molecule has 1 aliphatic rings. The number of carbonyl (C=O) groups excluding carboxylic acids is 1. The second-order valence-electron chi connectivity index (χ2n) is 8.44. The van der Waals surface area contributed by atoms with Gasteiger partial charge in [-0.05, 0) is 53.1 Å². The predicted octanol–water partition coefficient (Wildman–Crippen LogP) is 5.15. The lowest BCUT2D eigenvalue weighted by atomic mass is 9.81. The molecular formula is C25H33NO3. The van der Waals surface area contributed by atoms with Crippen LogP contribution in [-0.4, -0.2) is 31.6 Å². The minimum atomic E-state index is -0.0213. The van der Waals surface area contributed by atoms with E-state index in [2.05, 4.69) is 57.2 Å². The monoisotopic (exact) mass is 395 g/mol. The van der Waals surface area contributed by atoms with Crippen LogP contribution in [0.4, 0.5) is 0 Å². The maximum atomic E-state index is 12.5. The Hall–Kier alpha value is -2.49. The summed E-state index contributed by atoms with van der Waals surface area (Å²) in [6.45, 7) is 9.07. The quantitative estimate of drug-likeness (QED) is 0.679. The first-order chi connectivity index (χ1) is 13.8. The van der Waals surface area contributed by atoms with Crippen molar-refractivity contribution in [3.8, 4) is 11.5 Å². The van der Waals surface area contributed by atoms with Crippen molar-refractivity contribution in [2.45, 2.75) is 52.5 Å². The number of amides is 1. The highest BCUT2D eigenvalue weighted by Crippen LogP contribution is 2.44. The van der Waals surface area contributed by atoms with Gasteiger partial charge in [-0.3, -0.25) is 4.79 Å². The van der Waals surface area contributed by atoms with Gasteiger partial charge >= 0.3 is 0 Å². The molecule has 1 heterocycles. The first kappa shape index (κ1) is 21.2. The van der Waals surface area contributed by atoms with Crippen molar-refractivity contribution in [1.82, 2.24) is 4.90 Å². The summed E-state index contributed by atoms with van der Waals surface area (Å²) in [6.07, 6.45) is 1.91. The third-order valence-corrected chi connectivity index (χ3v) is 5.95. The average Bonchev–Trinajstić information content (AvgIpc) is 2.71. The topological polar surface area (TPSA) is 38.8 Å². The van der Waals surface area contributed by atoms with Crippen molar-refractivity contribution in [2.75, 3.05) is 20.8 Å². The van der Waals surface area contributed by atoms with E-state index in [9.17, 15) is 4.79 Å². The van der Waals surface area contributed by atoms with Crippen LogP contribution in [0.15, 0.2) is 36.4 Å². The van der Waals surface area contributed by atoms with Crippen molar-refractivity contribution >= 4 is 5.91 Å². The number of ether oxygens (including phenoxy) is 2. The standard InChI is InChI=1S/C25H33NO3/c1-16(2)13-19-7-9-20(10-8-19)17(3)25-22-15-24(29-6)23(28-5)14-21(22)11-12-26(25)18(4)27/h7-10,14-17,25H,11-13H2,1-6H3. The van der Waals surface area contributed by atoms with Gasteiger partial charge in [-0.15, -0.1) is 0 Å². The maximum Gasteiger partial charge on any atom is 0.219 e. The molecule has 0 saturated carbocycles. The molecule has 0 bridgehead atoms. The van der Waals surface area contributed by atoms with E-state index < -0.39 is 0 Å². The van der Waals surface area contributed by atoms with Crippen LogP contribution < -0.4 is 9.47 Å². The lowest BCUT2D eigenvalue weighted by Gasteiger charge is -2.40. The van der Waals surface area contributed by atoms with Crippen LogP contribution in [0, 0.1) is 5.92 Å². The van der Waals surface area contributed by atoms with Crippen LogP contribution in [0.5, 0.6) is 11.5 Å². The van der Waals surface area contributed by atoms with E-state index >= 15 is 0 Å². The number of fused-ring (bicyclic) bond motifs is 1. The molecule has 156 valence electrons. The Balaban J connectivity index is 2.01. The van der Waals surface area contributed by atoms with Crippen LogP contribution in [0.1, 0.15) is 61.9 Å². The van der Waals surface area contributed by atoms with Crippen molar-refractivity contribution < 1.29 is 14.3 Å². The predicted molar refractivity (Wildman–Crippen MR) is 117 cm³/mol. The van der Waals surface area contributed by atoms with Crippen LogP contribution in [0.25, 0.3) is 0 Å². The molecule has 1 amide bonds. The van der Waals surface area contributed by atoms with E-state index in [1.54, 1.807) is 21.1 Å². The van der Waals surface area contributed by atoms with Gasteiger partial charge in [0.15, 0.2) is 11.5 Å². The Bertz CT molecular complexity index is 857. The molecule has 0 aliphatic carbocycles. The molecule has 0 fully saturated rings. The SMILES string of the molecule is COc1cc2c(cc1OC)C(C(C)c1ccc(CC(C)C)cc1)N(C(C)=O)CC2. The molecule has 0 radical (unpaired) electrons. The van der Waals surface area contributed by atoms with E-state index in [1.807, 2.05) is 4.90 Å². The van der Waals surface area contributed by atoms with E-state index in [4.69, 9.17) is 9.47 Å². The van der Waals surface area contributed by atoms with Crippen LogP contribution in [0.2, 0.25) is 0 Å². The van der Waals surface area contributed by atoms with Gasteiger partial charge in [-0.1, -0.05) is 45.0 Å². The normalized spacial score (nSPS) is 17.1. The summed E-state index contributed by atoms with van der Waals surface area (Å²) in [7, 11) is 3.31. The van der Waals surface area contributed by atoms with E-state index in [1.165, 1.54) is 16.7 Å². The average molecular weight is 396 g/mol. The molecule has 29 heavy (non-hydrogen) atoms. The molecule has 0 N–H and O–H groups in total. The highest BCUT2D eigenvalue weighted by atomic mass is 16.5. The second kappa shape index (κ2) is 8.89. The zero-order valence-corrected chi connectivity index (χ0v) is 18.5. The molecular weight excluding hydrogens is 362 g/mol. The van der Waals surface area contributed by atoms with Gasteiger partial charge in [-0.2, -0.15) is 0 Å². The number of carbonyl (C=O) groups is 1. The van der Waals surface area contributed by atoms with Gasteiger partial charge in [0.25, 0.3) is 0 Å². The van der Waals surface area contributed by atoms with Crippen LogP contribution >= 0.6 is 0 Å². The largest absolute Gasteiger partial charge is 0.493 e. The maximum absolute atomic E-state index is 12.5. The second-order valence-corrected chi connectivity index (χ2v) is 8.44. The summed E-state index contributed by atoms with van der Waals surface area (Å²) in [5.74, 6) is 2.37. The van der Waals surface area contributed by atoms with Crippen LogP contribution in [-0.2, 0) is 17.6 Å². The molecule has 2 aromatic rings. The smallest absolute Gasteiger partial charge is 0.219 e. The van der Waals surface area contributed by atoms with Crippen LogP contribution in [0.3, 0.4) is 0 Å². The molecule has 3 rings (SSSR count). The zero-order chi connectivity index (χ0) is 21.1. The number of hydrogen-bond donors (Lipinski definition) is 0. The Morgan fingerprint density at radius 1 is 1.07 bits per heavy atom. The third-order valence-electron chi connectivity index (χ3n) is 5.95. The van der Waals surface area contributed by atoms with Crippen molar-refractivity contribution in [3.63, 3.8) is 0 Å². The highest BCUT2D eigenvalue weighted by Gasteiger charge is 2.35.